The van der Waals surface area contributed by atoms with E-state index in [1.807, 2.05) is 22.9 Å². The molecule has 136 valence electrons. The molecule has 0 unspecified atom stereocenters. The largest absolute Gasteiger partial charge is 0.273 e. The van der Waals surface area contributed by atoms with Crippen LogP contribution in [0, 0.1) is 11.3 Å². The minimum Gasteiger partial charge on any atom is -0.273 e. The van der Waals surface area contributed by atoms with Gasteiger partial charge in [0.15, 0.2) is 0 Å². The monoisotopic (exact) mass is 389 g/mol. The molecular formula is C18H19N3O3S2. The van der Waals surface area contributed by atoms with E-state index >= 15 is 0 Å². The van der Waals surface area contributed by atoms with E-state index < -0.39 is 27.1 Å². The first-order valence-corrected chi connectivity index (χ1v) is 11.0. The summed E-state index contributed by atoms with van der Waals surface area (Å²) in [5, 5.41) is 12.6. The average molecular weight is 390 g/mol. The van der Waals surface area contributed by atoms with Crippen LogP contribution in [0.15, 0.2) is 35.2 Å². The van der Waals surface area contributed by atoms with Crippen molar-refractivity contribution in [1.82, 2.24) is 9.71 Å². The number of hydrogen-bond acceptors (Lipinski definition) is 6. The molecule has 0 spiro atoms. The van der Waals surface area contributed by atoms with Crippen LogP contribution in [0.2, 0.25) is 0 Å². The number of thiophene rings is 1. The average Bonchev–Trinajstić information content (AvgIpc) is 3.17. The molecule has 0 bridgehead atoms. The van der Waals surface area contributed by atoms with E-state index in [9.17, 15) is 13.2 Å². The Morgan fingerprint density at radius 3 is 2.62 bits per heavy atom. The van der Waals surface area contributed by atoms with Crippen molar-refractivity contribution in [3.8, 4) is 6.07 Å². The molecule has 1 aliphatic carbocycles. The predicted molar refractivity (Wildman–Crippen MR) is 98.8 cm³/mol. The number of nitriles is 1. The van der Waals surface area contributed by atoms with Crippen molar-refractivity contribution in [3.63, 3.8) is 0 Å². The molecule has 1 saturated carbocycles. The van der Waals surface area contributed by atoms with Crippen molar-refractivity contribution >= 4 is 27.3 Å². The summed E-state index contributed by atoms with van der Waals surface area (Å²) in [4.78, 5) is 16.9. The Bertz CT molecular complexity index is 908. The Hall–Kier alpha value is -2.24. The zero-order valence-corrected chi connectivity index (χ0v) is 15.8. The molecule has 0 aliphatic heterocycles. The molecular weight excluding hydrogens is 370 g/mol. The fraction of sp³-hybridized carbons (Fsp3) is 0.389. The highest BCUT2D eigenvalue weighted by molar-refractivity contribution is 7.89. The third-order valence-electron chi connectivity index (χ3n) is 4.76. The molecule has 0 radical (unpaired) electrons. The third-order valence-corrected chi connectivity index (χ3v) is 6.61. The lowest BCUT2D eigenvalue weighted by atomic mass is 9.70. The van der Waals surface area contributed by atoms with Crippen LogP contribution < -0.4 is 4.72 Å². The van der Waals surface area contributed by atoms with Crippen LogP contribution in [0.25, 0.3) is 0 Å². The van der Waals surface area contributed by atoms with Gasteiger partial charge < -0.3 is 0 Å². The maximum absolute atomic E-state index is 13.0. The summed E-state index contributed by atoms with van der Waals surface area (Å²) >= 11 is 1.51. The summed E-state index contributed by atoms with van der Waals surface area (Å²) in [6.45, 7) is 0. The van der Waals surface area contributed by atoms with Gasteiger partial charge >= 0.3 is 0 Å². The number of carbonyl (C=O) groups excluding carboxylic acids is 1. The topological polar surface area (TPSA) is 99.9 Å². The third kappa shape index (κ3) is 3.94. The van der Waals surface area contributed by atoms with Crippen molar-refractivity contribution < 1.29 is 13.2 Å². The Labute approximate surface area is 156 Å². The first-order chi connectivity index (χ1) is 12.5. The van der Waals surface area contributed by atoms with E-state index in [2.05, 4.69) is 9.71 Å². The summed E-state index contributed by atoms with van der Waals surface area (Å²) in [6.07, 6.45) is 5.49. The molecule has 26 heavy (non-hydrogen) atoms. The first-order valence-electron chi connectivity index (χ1n) is 8.38. The maximum Gasteiger partial charge on any atom is 0.244 e. The molecule has 1 amide bonds. The molecule has 8 heteroatoms. The highest BCUT2D eigenvalue weighted by atomic mass is 32.2. The SMILES string of the molecule is N#Cc1ccc(CS(=O)(=O)NC(=O)C2(c3ccsc3)CCCCC2)nc1. The fourth-order valence-corrected chi connectivity index (χ4v) is 5.25. The number of sulfonamides is 1. The molecule has 0 aromatic carbocycles. The second kappa shape index (κ2) is 7.56. The van der Waals surface area contributed by atoms with Gasteiger partial charge in [-0.3, -0.25) is 14.5 Å². The second-order valence-electron chi connectivity index (χ2n) is 6.50. The lowest BCUT2D eigenvalue weighted by Crippen LogP contribution is -2.48. The number of pyridine rings is 1. The Balaban J connectivity index is 1.78. The van der Waals surface area contributed by atoms with Crippen molar-refractivity contribution in [2.45, 2.75) is 43.3 Å². The Kier molecular flexibility index (Phi) is 5.39. The van der Waals surface area contributed by atoms with Crippen molar-refractivity contribution in [3.05, 3.63) is 52.0 Å². The number of nitrogens with one attached hydrogen (secondary N) is 1. The van der Waals surface area contributed by atoms with Gasteiger partial charge in [-0.2, -0.15) is 16.6 Å². The number of amides is 1. The number of rotatable bonds is 5. The van der Waals surface area contributed by atoms with E-state index in [0.717, 1.165) is 24.8 Å². The van der Waals surface area contributed by atoms with Gasteiger partial charge in [0.2, 0.25) is 15.9 Å². The number of hydrogen-bond donors (Lipinski definition) is 1. The molecule has 0 saturated heterocycles. The standard InChI is InChI=1S/C18H19N3O3S2/c19-10-14-4-5-16(20-11-14)13-26(23,24)21-17(22)18(7-2-1-3-8-18)15-6-9-25-12-15/h4-6,9,11-12H,1-3,7-8,13H2,(H,21,22). The van der Waals surface area contributed by atoms with Crippen LogP contribution >= 0.6 is 11.3 Å². The molecule has 2 heterocycles. The van der Waals surface area contributed by atoms with E-state index in [1.165, 1.54) is 29.7 Å². The molecule has 1 N–H and O–H groups in total. The zero-order chi connectivity index (χ0) is 18.6. The summed E-state index contributed by atoms with van der Waals surface area (Å²) in [5.74, 6) is -0.853. The zero-order valence-electron chi connectivity index (χ0n) is 14.1. The normalized spacial score (nSPS) is 16.6. The fourth-order valence-electron chi connectivity index (χ4n) is 3.38. The summed E-state index contributed by atoms with van der Waals surface area (Å²) < 4.78 is 27.2. The van der Waals surface area contributed by atoms with E-state index in [0.29, 0.717) is 18.4 Å². The molecule has 0 atom stereocenters. The van der Waals surface area contributed by atoms with Crippen LogP contribution in [0.4, 0.5) is 0 Å². The summed E-state index contributed by atoms with van der Waals surface area (Å²) in [6, 6.07) is 6.83. The highest BCUT2D eigenvalue weighted by Crippen LogP contribution is 2.40. The second-order valence-corrected chi connectivity index (χ2v) is 9.00. The molecule has 2 aromatic rings. The predicted octanol–water partition coefficient (Wildman–Crippen LogP) is 2.86. The number of carbonyl (C=O) groups is 1. The van der Waals surface area contributed by atoms with Gasteiger partial charge in [0, 0.05) is 6.20 Å². The molecule has 1 aliphatic rings. The van der Waals surface area contributed by atoms with E-state index in [-0.39, 0.29) is 5.69 Å². The maximum atomic E-state index is 13.0. The smallest absolute Gasteiger partial charge is 0.244 e. The van der Waals surface area contributed by atoms with Gasteiger partial charge in [0.1, 0.15) is 11.8 Å². The lowest BCUT2D eigenvalue weighted by Gasteiger charge is -2.35. The van der Waals surface area contributed by atoms with Crippen molar-refractivity contribution in [2.24, 2.45) is 0 Å². The van der Waals surface area contributed by atoms with Crippen LogP contribution in [-0.2, 0) is 26.0 Å². The quantitative estimate of drug-likeness (QED) is 0.847. The molecule has 1 fully saturated rings. The lowest BCUT2D eigenvalue weighted by molar-refractivity contribution is -0.126. The summed E-state index contributed by atoms with van der Waals surface area (Å²) in [7, 11) is -3.87. The van der Waals surface area contributed by atoms with Crippen LogP contribution in [0.5, 0.6) is 0 Å². The van der Waals surface area contributed by atoms with Gasteiger partial charge in [-0.25, -0.2) is 8.42 Å². The minimum absolute atomic E-state index is 0.289. The van der Waals surface area contributed by atoms with Gasteiger partial charge in [-0.15, -0.1) is 0 Å². The molecule has 6 nitrogen and oxygen atoms in total. The van der Waals surface area contributed by atoms with Gasteiger partial charge in [0.05, 0.1) is 16.7 Å². The van der Waals surface area contributed by atoms with E-state index in [1.54, 1.807) is 0 Å². The Morgan fingerprint density at radius 1 is 1.27 bits per heavy atom. The first kappa shape index (κ1) is 18.5. The molecule has 3 rings (SSSR count). The Morgan fingerprint density at radius 2 is 2.04 bits per heavy atom. The van der Waals surface area contributed by atoms with Crippen LogP contribution in [0.1, 0.15) is 48.9 Å². The van der Waals surface area contributed by atoms with Gasteiger partial charge in [-0.05, 0) is 47.4 Å². The van der Waals surface area contributed by atoms with Crippen LogP contribution in [0.3, 0.4) is 0 Å². The number of nitrogens with zero attached hydrogens (tertiary/aromatic N) is 2. The minimum atomic E-state index is -3.87. The van der Waals surface area contributed by atoms with Gasteiger partial charge in [-0.1, -0.05) is 19.3 Å². The van der Waals surface area contributed by atoms with Crippen molar-refractivity contribution in [1.29, 1.82) is 5.26 Å². The highest BCUT2D eigenvalue weighted by Gasteiger charge is 2.42. The van der Waals surface area contributed by atoms with Crippen molar-refractivity contribution in [2.75, 3.05) is 0 Å². The van der Waals surface area contributed by atoms with E-state index in [4.69, 9.17) is 5.26 Å². The summed E-state index contributed by atoms with van der Waals surface area (Å²) in [5.41, 5.74) is 0.765. The molecule has 2 aromatic heterocycles. The number of aromatic nitrogens is 1. The van der Waals surface area contributed by atoms with Gasteiger partial charge in [0.25, 0.3) is 0 Å². The van der Waals surface area contributed by atoms with Crippen LogP contribution in [-0.4, -0.2) is 19.3 Å².